The van der Waals surface area contributed by atoms with Crippen LogP contribution in [0.1, 0.15) is 20.8 Å². The van der Waals surface area contributed by atoms with Gasteiger partial charge in [-0.3, -0.25) is 4.57 Å². The minimum atomic E-state index is -5.36. The second-order valence-electron chi connectivity index (χ2n) is 5.88. The van der Waals surface area contributed by atoms with Gasteiger partial charge < -0.3 is 22.4 Å². The van der Waals surface area contributed by atoms with E-state index in [0.717, 1.165) is 6.07 Å². The third-order valence-electron chi connectivity index (χ3n) is 2.95. The number of hydrogen-bond donors (Lipinski definition) is 0. The molecular weight excluding hydrogens is 337 g/mol. The van der Waals surface area contributed by atoms with E-state index in [9.17, 15) is 17.7 Å². The van der Waals surface area contributed by atoms with Crippen LogP contribution in [-0.2, 0) is 4.74 Å². The molecule has 0 saturated heterocycles. The first-order valence-electron chi connectivity index (χ1n) is 6.65. The summed E-state index contributed by atoms with van der Waals surface area (Å²) in [5.41, 5.74) is -1.82. The van der Waals surface area contributed by atoms with Gasteiger partial charge in [-0.1, -0.05) is 6.07 Å². The van der Waals surface area contributed by atoms with Gasteiger partial charge in [0.05, 0.1) is 12.6 Å². The predicted octanol–water partition coefficient (Wildman–Crippen LogP) is 0.492. The van der Waals surface area contributed by atoms with Crippen molar-refractivity contribution in [3.05, 3.63) is 24.3 Å². The van der Waals surface area contributed by atoms with Crippen molar-refractivity contribution in [3.8, 4) is 5.75 Å². The monoisotopic (exact) mass is 353 g/mol. The molecule has 0 unspecified atom stereocenters. The van der Waals surface area contributed by atoms with Crippen molar-refractivity contribution in [1.82, 2.24) is 4.57 Å². The third kappa shape index (κ3) is 4.76. The Morgan fingerprint density at radius 2 is 1.78 bits per heavy atom. The summed E-state index contributed by atoms with van der Waals surface area (Å²) < 4.78 is 50.5. The van der Waals surface area contributed by atoms with E-state index in [1.807, 2.05) is 0 Å². The van der Waals surface area contributed by atoms with Gasteiger partial charge in [-0.2, -0.15) is 0 Å². The summed E-state index contributed by atoms with van der Waals surface area (Å²) in [6, 6.07) is 5.33. The second kappa shape index (κ2) is 7.18. The van der Waals surface area contributed by atoms with Crippen molar-refractivity contribution in [2.75, 3.05) is 7.11 Å². The molecule has 1 aromatic carbocycles. The quantitative estimate of drug-likeness (QED) is 0.738. The molecule has 1 aromatic heterocycles. The number of fused-ring (bicyclic) bond motifs is 1. The Bertz CT molecular complexity index is 722. The summed E-state index contributed by atoms with van der Waals surface area (Å²) >= 11 is 0. The minimum Gasteiger partial charge on any atom is -0.497 e. The Hall–Kier alpha value is -0.479. The number of methoxy groups -OCH3 is 1. The number of benzene rings is 1. The van der Waals surface area contributed by atoms with Gasteiger partial charge in [0.1, 0.15) is 11.4 Å². The van der Waals surface area contributed by atoms with Crippen molar-refractivity contribution < 1.29 is 78.6 Å². The molecule has 23 heavy (non-hydrogen) atoms. The molecule has 4 nitrogen and oxygen atoms in total. The van der Waals surface area contributed by atoms with Crippen LogP contribution in [0.3, 0.4) is 0 Å². The van der Waals surface area contributed by atoms with Crippen LogP contribution in [-0.4, -0.2) is 30.3 Å². The molecule has 0 radical (unpaired) electrons. The first-order chi connectivity index (χ1) is 10.0. The number of halogens is 3. The number of hydrogen-bond acceptors (Lipinski definition) is 3. The average Bonchev–Trinajstić information content (AvgIpc) is 2.74. The summed E-state index contributed by atoms with van der Waals surface area (Å²) in [6.07, 6.45) is -1.06. The van der Waals surface area contributed by atoms with Crippen LogP contribution in [0.5, 0.6) is 5.75 Å². The normalized spacial score (nSPS) is 12.0. The molecule has 0 amide bonds. The SMILES string of the molecule is COc1ccc2cc([B-](F)(F)F)n(C(=O)OC(C)(C)C)c2c1.[K+]. The standard InChI is InChI=1S/C14H16BF3NO3.K/c1-14(2,3)22-13(20)19-11-8-10(21-4)6-5-9(11)7-12(19)15(16,17)18;/h5-8H,1-4H3;/q-1;+1. The van der Waals surface area contributed by atoms with Crippen LogP contribution in [0.4, 0.5) is 17.7 Å². The van der Waals surface area contributed by atoms with Gasteiger partial charge in [0.25, 0.3) is 0 Å². The van der Waals surface area contributed by atoms with E-state index in [2.05, 4.69) is 0 Å². The van der Waals surface area contributed by atoms with Gasteiger partial charge in [0.15, 0.2) is 0 Å². The van der Waals surface area contributed by atoms with Crippen LogP contribution in [0.15, 0.2) is 24.3 Å². The molecule has 9 heteroatoms. The summed E-state index contributed by atoms with van der Waals surface area (Å²) in [6.45, 7) is -0.586. The molecule has 0 spiro atoms. The van der Waals surface area contributed by atoms with Crippen molar-refractivity contribution in [2.24, 2.45) is 0 Å². The zero-order valence-electron chi connectivity index (χ0n) is 13.7. The van der Waals surface area contributed by atoms with Crippen LogP contribution in [0.25, 0.3) is 10.9 Å². The molecule has 0 fully saturated rings. The van der Waals surface area contributed by atoms with Gasteiger partial charge in [-0.05, 0) is 43.9 Å². The van der Waals surface area contributed by atoms with Crippen molar-refractivity contribution >= 4 is 29.6 Å². The molecule has 0 saturated carbocycles. The Balaban J connectivity index is 0.00000264. The molecule has 0 bridgehead atoms. The van der Waals surface area contributed by atoms with Gasteiger partial charge in [-0.25, -0.2) is 4.79 Å². The number of aromatic nitrogens is 1. The summed E-state index contributed by atoms with van der Waals surface area (Å²) in [5, 5.41) is 0.292. The van der Waals surface area contributed by atoms with E-state index in [-0.39, 0.29) is 56.9 Å². The fourth-order valence-corrected chi connectivity index (χ4v) is 2.08. The number of carbonyl (C=O) groups excluding carboxylic acids is 1. The van der Waals surface area contributed by atoms with Gasteiger partial charge >= 0.3 is 64.5 Å². The van der Waals surface area contributed by atoms with Gasteiger partial charge in [0.2, 0.25) is 0 Å². The Kier molecular flexibility index (Phi) is 6.42. The molecule has 0 atom stereocenters. The van der Waals surface area contributed by atoms with Crippen molar-refractivity contribution in [3.63, 3.8) is 0 Å². The third-order valence-corrected chi connectivity index (χ3v) is 2.95. The fraction of sp³-hybridized carbons (Fsp3) is 0.357. The van der Waals surface area contributed by atoms with Crippen LogP contribution in [0.2, 0.25) is 0 Å². The second-order valence-corrected chi connectivity index (χ2v) is 5.88. The molecule has 0 aliphatic heterocycles. The van der Waals surface area contributed by atoms with E-state index in [4.69, 9.17) is 9.47 Å². The van der Waals surface area contributed by atoms with Crippen molar-refractivity contribution in [2.45, 2.75) is 26.4 Å². The maximum absolute atomic E-state index is 13.3. The van der Waals surface area contributed by atoms with Gasteiger partial charge in [-0.15, -0.1) is 0 Å². The molecule has 120 valence electrons. The molecule has 2 aromatic rings. The van der Waals surface area contributed by atoms with Gasteiger partial charge in [0, 0.05) is 6.07 Å². The van der Waals surface area contributed by atoms with E-state index in [1.54, 1.807) is 20.8 Å². The summed E-state index contributed by atoms with van der Waals surface area (Å²) in [4.78, 5) is 12.2. The smallest absolute Gasteiger partial charge is 0.497 e. The number of nitrogens with zero attached hydrogens (tertiary/aromatic N) is 1. The molecular formula is C14H16BF3KNO3. The first-order valence-corrected chi connectivity index (χ1v) is 6.65. The van der Waals surface area contributed by atoms with Crippen LogP contribution in [0, 0.1) is 0 Å². The molecule has 0 N–H and O–H groups in total. The Morgan fingerprint density at radius 1 is 1.17 bits per heavy atom. The zero-order valence-corrected chi connectivity index (χ0v) is 16.8. The molecule has 2 rings (SSSR count). The average molecular weight is 353 g/mol. The van der Waals surface area contributed by atoms with E-state index < -0.39 is 24.3 Å². The predicted molar refractivity (Wildman–Crippen MR) is 78.8 cm³/mol. The number of carbonyl (C=O) groups is 1. The van der Waals surface area contributed by atoms with E-state index in [1.165, 1.54) is 25.3 Å². The van der Waals surface area contributed by atoms with Crippen LogP contribution >= 0.6 is 0 Å². The van der Waals surface area contributed by atoms with E-state index in [0.29, 0.717) is 15.7 Å². The first kappa shape index (κ1) is 20.6. The molecule has 0 aliphatic carbocycles. The summed E-state index contributed by atoms with van der Waals surface area (Å²) in [7, 11) is 1.40. The number of rotatable bonds is 2. The Labute approximate surface area is 174 Å². The van der Waals surface area contributed by atoms with Crippen molar-refractivity contribution in [1.29, 1.82) is 0 Å². The fourth-order valence-electron chi connectivity index (χ4n) is 2.08. The number of ether oxygens (including phenoxy) is 2. The Morgan fingerprint density at radius 3 is 2.26 bits per heavy atom. The van der Waals surface area contributed by atoms with E-state index >= 15 is 0 Å². The topological polar surface area (TPSA) is 40.5 Å². The van der Waals surface area contributed by atoms with Crippen LogP contribution < -0.4 is 61.7 Å². The maximum Gasteiger partial charge on any atom is 1.00 e. The maximum atomic E-state index is 13.3. The largest absolute Gasteiger partial charge is 1.00 e. The zero-order chi connectivity index (χ0) is 16.7. The molecule has 1 heterocycles. The minimum absolute atomic E-state index is 0. The molecule has 0 aliphatic rings. The summed E-state index contributed by atoms with van der Waals surface area (Å²) in [5.74, 6) is 0.358.